The molecule has 4 heterocycles. The number of amides is 2. The number of nitrogens with zero attached hydrogens (tertiary/aromatic N) is 3. The van der Waals surface area contributed by atoms with Crippen LogP contribution in [0.15, 0.2) is 69.1 Å². The van der Waals surface area contributed by atoms with E-state index in [2.05, 4.69) is 15.3 Å². The van der Waals surface area contributed by atoms with E-state index in [9.17, 15) is 9.59 Å². The van der Waals surface area contributed by atoms with Crippen LogP contribution in [-0.4, -0.2) is 45.8 Å². The Labute approximate surface area is 199 Å². The molecule has 4 aromatic rings. The van der Waals surface area contributed by atoms with Gasteiger partial charge in [0.15, 0.2) is 10.9 Å². The molecule has 1 N–H and O–H groups in total. The number of carbonyl (C=O) groups excluding carboxylic acids is 2. The van der Waals surface area contributed by atoms with E-state index in [4.69, 9.17) is 4.42 Å². The molecule has 0 unspecified atom stereocenters. The zero-order valence-corrected chi connectivity index (χ0v) is 19.4. The number of carbonyl (C=O) groups is 2. The van der Waals surface area contributed by atoms with E-state index in [-0.39, 0.29) is 17.9 Å². The van der Waals surface area contributed by atoms with Crippen LogP contribution in [0, 0.1) is 0 Å². The van der Waals surface area contributed by atoms with Gasteiger partial charge in [0.05, 0.1) is 0 Å². The SMILES string of the molecule is O=C(NC1CCN(C(=O)c2oc3ccccc3c2CSc2ncccn2)CC1)c1ccsc1. The maximum atomic E-state index is 13.4. The van der Waals surface area contributed by atoms with E-state index in [0.29, 0.717) is 53.7 Å². The molecule has 0 aliphatic carbocycles. The number of furan rings is 1. The number of para-hydroxylation sites is 1. The van der Waals surface area contributed by atoms with E-state index < -0.39 is 0 Å². The summed E-state index contributed by atoms with van der Waals surface area (Å²) in [7, 11) is 0. The van der Waals surface area contributed by atoms with Crippen molar-refractivity contribution in [2.75, 3.05) is 13.1 Å². The normalized spacial score (nSPS) is 14.5. The van der Waals surface area contributed by atoms with Crippen molar-refractivity contribution in [3.63, 3.8) is 0 Å². The second-order valence-corrected chi connectivity index (χ2v) is 9.50. The van der Waals surface area contributed by atoms with Gasteiger partial charge in [-0.25, -0.2) is 9.97 Å². The first-order valence-corrected chi connectivity index (χ1v) is 12.6. The second kappa shape index (κ2) is 9.76. The van der Waals surface area contributed by atoms with Crippen molar-refractivity contribution >= 4 is 45.9 Å². The summed E-state index contributed by atoms with van der Waals surface area (Å²) in [6.07, 6.45) is 4.83. The van der Waals surface area contributed by atoms with Crippen molar-refractivity contribution in [1.82, 2.24) is 20.2 Å². The average Bonchev–Trinajstić information content (AvgIpc) is 3.52. The van der Waals surface area contributed by atoms with Gasteiger partial charge in [-0.1, -0.05) is 30.0 Å². The first-order chi connectivity index (χ1) is 16.2. The molecule has 1 saturated heterocycles. The molecule has 7 nitrogen and oxygen atoms in total. The largest absolute Gasteiger partial charge is 0.451 e. The lowest BCUT2D eigenvalue weighted by Crippen LogP contribution is -2.46. The average molecular weight is 479 g/mol. The van der Waals surface area contributed by atoms with E-state index in [1.807, 2.05) is 46.0 Å². The van der Waals surface area contributed by atoms with Crippen molar-refractivity contribution in [2.24, 2.45) is 0 Å². The number of nitrogens with one attached hydrogen (secondary N) is 1. The Morgan fingerprint density at radius 3 is 2.67 bits per heavy atom. The number of rotatable bonds is 6. The third kappa shape index (κ3) is 4.79. The maximum Gasteiger partial charge on any atom is 0.289 e. The fourth-order valence-corrected chi connectivity index (χ4v) is 5.41. The molecular formula is C24H22N4O3S2. The van der Waals surface area contributed by atoms with Crippen LogP contribution >= 0.6 is 23.1 Å². The van der Waals surface area contributed by atoms with Crippen LogP contribution in [0.5, 0.6) is 0 Å². The van der Waals surface area contributed by atoms with E-state index >= 15 is 0 Å². The summed E-state index contributed by atoms with van der Waals surface area (Å²) in [4.78, 5) is 36.1. The molecule has 1 aromatic carbocycles. The summed E-state index contributed by atoms with van der Waals surface area (Å²) in [6, 6.07) is 11.4. The third-order valence-corrected chi connectivity index (χ3v) is 7.27. The Balaban J connectivity index is 1.29. The molecule has 9 heteroatoms. The lowest BCUT2D eigenvalue weighted by Gasteiger charge is -2.32. The number of fused-ring (bicyclic) bond motifs is 1. The molecule has 5 rings (SSSR count). The van der Waals surface area contributed by atoms with Crippen molar-refractivity contribution in [2.45, 2.75) is 29.8 Å². The summed E-state index contributed by atoms with van der Waals surface area (Å²) >= 11 is 2.98. The lowest BCUT2D eigenvalue weighted by molar-refractivity contribution is 0.0668. The van der Waals surface area contributed by atoms with Crippen molar-refractivity contribution in [1.29, 1.82) is 0 Å². The molecule has 0 radical (unpaired) electrons. The van der Waals surface area contributed by atoms with Crippen LogP contribution in [0.2, 0.25) is 0 Å². The van der Waals surface area contributed by atoms with E-state index in [0.717, 1.165) is 10.9 Å². The van der Waals surface area contributed by atoms with Crippen molar-refractivity contribution < 1.29 is 14.0 Å². The van der Waals surface area contributed by atoms with Crippen LogP contribution in [0.4, 0.5) is 0 Å². The van der Waals surface area contributed by atoms with Gasteiger partial charge in [-0.3, -0.25) is 9.59 Å². The van der Waals surface area contributed by atoms with Crippen LogP contribution in [0.1, 0.15) is 39.3 Å². The number of thiophene rings is 1. The Hall–Kier alpha value is -3.17. The van der Waals surface area contributed by atoms with Crippen molar-refractivity contribution in [3.8, 4) is 0 Å². The van der Waals surface area contributed by atoms with Gasteiger partial charge in [0.25, 0.3) is 11.8 Å². The molecule has 3 aromatic heterocycles. The molecule has 0 spiro atoms. The summed E-state index contributed by atoms with van der Waals surface area (Å²) < 4.78 is 6.03. The number of piperidine rings is 1. The second-order valence-electron chi connectivity index (χ2n) is 7.78. The highest BCUT2D eigenvalue weighted by Gasteiger charge is 2.29. The van der Waals surface area contributed by atoms with Crippen LogP contribution < -0.4 is 5.32 Å². The Morgan fingerprint density at radius 2 is 1.91 bits per heavy atom. The Kier molecular flexibility index (Phi) is 6.41. The minimum atomic E-state index is -0.113. The number of thioether (sulfide) groups is 1. The molecule has 168 valence electrons. The first kappa shape index (κ1) is 21.7. The van der Waals surface area contributed by atoms with Crippen molar-refractivity contribution in [3.05, 3.63) is 76.4 Å². The van der Waals surface area contributed by atoms with Gasteiger partial charge in [-0.05, 0) is 36.4 Å². The highest BCUT2D eigenvalue weighted by Crippen LogP contribution is 2.32. The smallest absolute Gasteiger partial charge is 0.289 e. The van der Waals surface area contributed by atoms with Gasteiger partial charge >= 0.3 is 0 Å². The zero-order chi connectivity index (χ0) is 22.6. The van der Waals surface area contributed by atoms with Crippen LogP contribution in [-0.2, 0) is 5.75 Å². The number of hydrogen-bond acceptors (Lipinski definition) is 7. The lowest BCUT2D eigenvalue weighted by atomic mass is 10.0. The number of likely N-dealkylation sites (tertiary alicyclic amines) is 1. The zero-order valence-electron chi connectivity index (χ0n) is 17.8. The van der Waals surface area contributed by atoms with Gasteiger partial charge in [-0.2, -0.15) is 11.3 Å². The number of benzene rings is 1. The Morgan fingerprint density at radius 1 is 1.12 bits per heavy atom. The van der Waals surface area contributed by atoms with Crippen LogP contribution in [0.3, 0.4) is 0 Å². The predicted octanol–water partition coefficient (Wildman–Crippen LogP) is 4.61. The summed E-state index contributed by atoms with van der Waals surface area (Å²) in [5.74, 6) is 0.745. The molecule has 1 aliphatic heterocycles. The first-order valence-electron chi connectivity index (χ1n) is 10.7. The molecule has 0 saturated carbocycles. The number of aromatic nitrogens is 2. The summed E-state index contributed by atoms with van der Waals surface area (Å²) in [5.41, 5.74) is 2.24. The van der Waals surface area contributed by atoms with Gasteiger partial charge in [0.1, 0.15) is 5.58 Å². The predicted molar refractivity (Wildman–Crippen MR) is 129 cm³/mol. The fraction of sp³-hybridized carbons (Fsp3) is 0.250. The highest BCUT2D eigenvalue weighted by molar-refractivity contribution is 7.98. The summed E-state index contributed by atoms with van der Waals surface area (Å²) in [5, 5.41) is 8.40. The molecule has 1 fully saturated rings. The Bertz CT molecular complexity index is 1250. The minimum absolute atomic E-state index is 0.0549. The quantitative estimate of drug-likeness (QED) is 0.322. The molecule has 0 atom stereocenters. The van der Waals surface area contributed by atoms with E-state index in [1.165, 1.54) is 23.1 Å². The standard InChI is InChI=1S/C24H22N4O3S2/c29-22(16-8-13-32-14-16)27-17-6-11-28(12-7-17)23(30)21-19(15-33-24-25-9-3-10-26-24)18-4-1-2-5-20(18)31-21/h1-5,8-10,13-14,17H,6-7,11-12,15H2,(H,27,29). The number of hydrogen-bond donors (Lipinski definition) is 1. The van der Waals surface area contributed by atoms with Gasteiger partial charge in [0, 0.05) is 59.2 Å². The van der Waals surface area contributed by atoms with Gasteiger partial charge in [0.2, 0.25) is 0 Å². The third-order valence-electron chi connectivity index (χ3n) is 5.68. The maximum absolute atomic E-state index is 13.4. The molecule has 0 bridgehead atoms. The monoisotopic (exact) mass is 478 g/mol. The van der Waals surface area contributed by atoms with Gasteiger partial charge in [-0.15, -0.1) is 0 Å². The fourth-order valence-electron chi connectivity index (χ4n) is 3.94. The highest BCUT2D eigenvalue weighted by atomic mass is 32.2. The topological polar surface area (TPSA) is 88.3 Å². The molecular weight excluding hydrogens is 456 g/mol. The van der Waals surface area contributed by atoms with Gasteiger partial charge < -0.3 is 14.6 Å². The van der Waals surface area contributed by atoms with Crippen LogP contribution in [0.25, 0.3) is 11.0 Å². The van der Waals surface area contributed by atoms with E-state index in [1.54, 1.807) is 18.5 Å². The molecule has 1 aliphatic rings. The molecule has 33 heavy (non-hydrogen) atoms. The molecule has 2 amide bonds. The summed E-state index contributed by atoms with van der Waals surface area (Å²) in [6.45, 7) is 1.14. The minimum Gasteiger partial charge on any atom is -0.451 e.